The first kappa shape index (κ1) is 20.5. The molecule has 1 aliphatic heterocycles. The van der Waals surface area contributed by atoms with Crippen LogP contribution in [0.1, 0.15) is 24.7 Å². The van der Waals surface area contributed by atoms with E-state index in [0.717, 1.165) is 40.0 Å². The van der Waals surface area contributed by atoms with Crippen molar-refractivity contribution in [2.24, 2.45) is 7.05 Å². The number of aromatic nitrogens is 3. The lowest BCUT2D eigenvalue weighted by atomic mass is 9.97. The van der Waals surface area contributed by atoms with Crippen molar-refractivity contribution in [3.8, 4) is 11.3 Å². The van der Waals surface area contributed by atoms with Gasteiger partial charge in [0.05, 0.1) is 29.7 Å². The van der Waals surface area contributed by atoms with Gasteiger partial charge in [0.25, 0.3) is 0 Å². The second-order valence-electron chi connectivity index (χ2n) is 7.13. The second-order valence-corrected chi connectivity index (χ2v) is 7.13. The third-order valence-electron chi connectivity index (χ3n) is 5.23. The highest BCUT2D eigenvalue weighted by Gasteiger charge is 2.38. The predicted octanol–water partition coefficient (Wildman–Crippen LogP) is 3.14. The number of ketones is 1. The van der Waals surface area contributed by atoms with Crippen LogP contribution in [0.25, 0.3) is 22.2 Å². The van der Waals surface area contributed by atoms with Crippen molar-refractivity contribution in [2.75, 3.05) is 20.3 Å². The standard InChI is InChI=1S/C21H23N3O3.H2S/c1-14(25)9-15-10-16-17(12-24(2)19(16)11-22-15)18-5-4-6-20(23-18)21(26-3)7-8-27-13-21;/h4-6,10-12H,7-9,13H2,1-3H3;1H2/t21-;/m1./s1. The van der Waals surface area contributed by atoms with Gasteiger partial charge in [-0.1, -0.05) is 6.07 Å². The number of ether oxygens (including phenoxy) is 2. The lowest BCUT2D eigenvalue weighted by molar-refractivity contribution is -0.116. The SMILES string of the molecule is CO[C@]1(c2cccc(-c3cn(C)c4cnc(CC(C)=O)cc34)n2)CCOC1.S. The van der Waals surface area contributed by atoms with E-state index in [9.17, 15) is 4.79 Å². The summed E-state index contributed by atoms with van der Waals surface area (Å²) in [6.45, 7) is 2.77. The molecular weight excluding hydrogens is 374 g/mol. The molecule has 1 atom stereocenters. The Kier molecular flexibility index (Phi) is 5.88. The van der Waals surface area contributed by atoms with E-state index >= 15 is 0 Å². The number of hydrogen-bond donors (Lipinski definition) is 0. The van der Waals surface area contributed by atoms with Crippen LogP contribution in [0.15, 0.2) is 36.7 Å². The average molecular weight is 400 g/mol. The van der Waals surface area contributed by atoms with Crippen LogP contribution in [0.3, 0.4) is 0 Å². The molecule has 1 aliphatic rings. The third-order valence-corrected chi connectivity index (χ3v) is 5.23. The molecule has 0 aliphatic carbocycles. The van der Waals surface area contributed by atoms with Crippen molar-refractivity contribution >= 4 is 30.2 Å². The smallest absolute Gasteiger partial charge is 0.135 e. The van der Waals surface area contributed by atoms with Crippen LogP contribution < -0.4 is 0 Å². The molecule has 4 heterocycles. The number of hydrogen-bond acceptors (Lipinski definition) is 5. The number of fused-ring (bicyclic) bond motifs is 1. The van der Waals surface area contributed by atoms with Gasteiger partial charge in [-0.25, -0.2) is 4.98 Å². The highest BCUT2D eigenvalue weighted by Crippen LogP contribution is 2.35. The largest absolute Gasteiger partial charge is 0.378 e. The van der Waals surface area contributed by atoms with E-state index in [0.29, 0.717) is 19.6 Å². The van der Waals surface area contributed by atoms with E-state index in [2.05, 4.69) is 11.2 Å². The predicted molar refractivity (Wildman–Crippen MR) is 113 cm³/mol. The highest BCUT2D eigenvalue weighted by atomic mass is 32.1. The zero-order valence-electron chi connectivity index (χ0n) is 16.4. The summed E-state index contributed by atoms with van der Waals surface area (Å²) in [5.74, 6) is 0.0997. The van der Waals surface area contributed by atoms with Crippen LogP contribution in [-0.2, 0) is 33.3 Å². The van der Waals surface area contributed by atoms with Gasteiger partial charge in [-0.15, -0.1) is 0 Å². The van der Waals surface area contributed by atoms with Crippen molar-refractivity contribution in [3.05, 3.63) is 48.0 Å². The molecule has 28 heavy (non-hydrogen) atoms. The molecular formula is C21H25N3O3S. The first-order valence-electron chi connectivity index (χ1n) is 9.06. The maximum Gasteiger partial charge on any atom is 0.135 e. The van der Waals surface area contributed by atoms with Crippen molar-refractivity contribution in [3.63, 3.8) is 0 Å². The first-order chi connectivity index (χ1) is 13.0. The van der Waals surface area contributed by atoms with Crippen molar-refractivity contribution in [1.82, 2.24) is 14.5 Å². The van der Waals surface area contributed by atoms with E-state index in [1.165, 1.54) is 0 Å². The molecule has 3 aromatic heterocycles. The molecule has 1 fully saturated rings. The number of Topliss-reactive ketones (excluding diaryl/α,β-unsaturated/α-hetero) is 1. The number of nitrogens with zero attached hydrogens (tertiary/aromatic N) is 3. The normalized spacial score (nSPS) is 19.0. The van der Waals surface area contributed by atoms with Crippen molar-refractivity contribution in [1.29, 1.82) is 0 Å². The van der Waals surface area contributed by atoms with Crippen LogP contribution in [0.4, 0.5) is 0 Å². The monoisotopic (exact) mass is 399 g/mol. The molecule has 0 saturated carbocycles. The minimum atomic E-state index is -0.484. The number of carbonyl (C=O) groups is 1. The molecule has 0 N–H and O–H groups in total. The van der Waals surface area contributed by atoms with Gasteiger partial charge in [-0.3, -0.25) is 9.78 Å². The lowest BCUT2D eigenvalue weighted by Crippen LogP contribution is -2.30. The summed E-state index contributed by atoms with van der Waals surface area (Å²) in [6, 6.07) is 8.00. The van der Waals surface area contributed by atoms with Gasteiger partial charge in [0.15, 0.2) is 0 Å². The molecule has 0 unspecified atom stereocenters. The van der Waals surface area contributed by atoms with Crippen LogP contribution in [-0.4, -0.2) is 40.6 Å². The van der Waals surface area contributed by atoms with E-state index in [4.69, 9.17) is 14.5 Å². The number of methoxy groups -OCH3 is 1. The van der Waals surface area contributed by atoms with E-state index in [-0.39, 0.29) is 19.3 Å². The van der Waals surface area contributed by atoms with Crippen LogP contribution >= 0.6 is 13.5 Å². The van der Waals surface area contributed by atoms with Gasteiger partial charge in [-0.2, -0.15) is 13.5 Å². The molecule has 6 nitrogen and oxygen atoms in total. The van der Waals surface area contributed by atoms with Gasteiger partial charge >= 0.3 is 0 Å². The summed E-state index contributed by atoms with van der Waals surface area (Å²) in [5, 5.41) is 1.04. The number of aryl methyl sites for hydroxylation is 1. The van der Waals surface area contributed by atoms with Gasteiger partial charge in [-0.05, 0) is 25.1 Å². The summed E-state index contributed by atoms with van der Waals surface area (Å²) in [4.78, 5) is 20.8. The van der Waals surface area contributed by atoms with Crippen LogP contribution in [0, 0.1) is 0 Å². The summed E-state index contributed by atoms with van der Waals surface area (Å²) in [7, 11) is 3.70. The summed E-state index contributed by atoms with van der Waals surface area (Å²) >= 11 is 0. The summed E-state index contributed by atoms with van der Waals surface area (Å²) in [5.41, 5.74) is 4.08. The summed E-state index contributed by atoms with van der Waals surface area (Å²) in [6.07, 6.45) is 5.01. The Bertz CT molecular complexity index is 1010. The van der Waals surface area contributed by atoms with Gasteiger partial charge in [0, 0.05) is 56.4 Å². The molecule has 7 heteroatoms. The highest BCUT2D eigenvalue weighted by molar-refractivity contribution is 7.59. The Hall–Kier alpha value is -2.22. The molecule has 148 valence electrons. The number of carbonyl (C=O) groups excluding carboxylic acids is 1. The molecule has 0 spiro atoms. The third kappa shape index (κ3) is 3.57. The van der Waals surface area contributed by atoms with E-state index < -0.39 is 5.60 Å². The fraction of sp³-hybridized carbons (Fsp3) is 0.381. The molecule has 0 amide bonds. The van der Waals surface area contributed by atoms with Gasteiger partial charge < -0.3 is 14.0 Å². The molecule has 3 aromatic rings. The summed E-state index contributed by atoms with van der Waals surface area (Å²) < 4.78 is 13.4. The topological polar surface area (TPSA) is 66.2 Å². The Morgan fingerprint density at radius 1 is 1.39 bits per heavy atom. The van der Waals surface area contributed by atoms with E-state index in [1.807, 2.05) is 42.1 Å². The molecule has 0 aromatic carbocycles. The fourth-order valence-electron chi connectivity index (χ4n) is 3.73. The average Bonchev–Trinajstić information content (AvgIpc) is 3.27. The minimum Gasteiger partial charge on any atom is -0.378 e. The van der Waals surface area contributed by atoms with Crippen molar-refractivity contribution in [2.45, 2.75) is 25.4 Å². The zero-order chi connectivity index (χ0) is 19.0. The Morgan fingerprint density at radius 3 is 2.89 bits per heavy atom. The molecule has 0 radical (unpaired) electrons. The maximum absolute atomic E-state index is 11.5. The van der Waals surface area contributed by atoms with Crippen molar-refractivity contribution < 1.29 is 14.3 Å². The maximum atomic E-state index is 11.5. The molecule has 4 rings (SSSR count). The molecule has 0 bridgehead atoms. The van der Waals surface area contributed by atoms with Crippen LogP contribution in [0.5, 0.6) is 0 Å². The number of pyridine rings is 2. The van der Waals surface area contributed by atoms with Crippen LogP contribution in [0.2, 0.25) is 0 Å². The first-order valence-corrected chi connectivity index (χ1v) is 9.06. The molecule has 1 saturated heterocycles. The Morgan fingerprint density at radius 2 is 2.21 bits per heavy atom. The van der Waals surface area contributed by atoms with Gasteiger partial charge in [0.1, 0.15) is 11.4 Å². The Labute approximate surface area is 171 Å². The van der Waals surface area contributed by atoms with E-state index in [1.54, 1.807) is 14.0 Å². The second kappa shape index (κ2) is 8.03. The lowest BCUT2D eigenvalue weighted by Gasteiger charge is -2.25. The number of rotatable bonds is 5. The minimum absolute atomic E-state index is 0. The quantitative estimate of drug-likeness (QED) is 0.659. The zero-order valence-corrected chi connectivity index (χ0v) is 17.4. The fourth-order valence-corrected chi connectivity index (χ4v) is 3.73. The Balaban J connectivity index is 0.00000225. The van der Waals surface area contributed by atoms with Gasteiger partial charge in [0.2, 0.25) is 0 Å².